The summed E-state index contributed by atoms with van der Waals surface area (Å²) in [5.74, 6) is -1.27. The van der Waals surface area contributed by atoms with E-state index in [-0.39, 0.29) is 0 Å². The SMILES string of the molecule is O=C([O-])/C=C/c1cc(Cl)ccc1Cl. The van der Waals surface area contributed by atoms with Crippen molar-refractivity contribution in [1.82, 2.24) is 0 Å². The van der Waals surface area contributed by atoms with E-state index in [4.69, 9.17) is 23.2 Å². The van der Waals surface area contributed by atoms with Gasteiger partial charge in [-0.05, 0) is 29.8 Å². The van der Waals surface area contributed by atoms with Crippen LogP contribution in [0.2, 0.25) is 10.0 Å². The van der Waals surface area contributed by atoms with Gasteiger partial charge in [0.2, 0.25) is 0 Å². The van der Waals surface area contributed by atoms with Crippen LogP contribution in [-0.2, 0) is 4.79 Å². The van der Waals surface area contributed by atoms with Crippen molar-refractivity contribution in [3.63, 3.8) is 0 Å². The number of carboxylic acid groups (broad SMARTS) is 1. The first-order valence-electron chi connectivity index (χ1n) is 3.43. The summed E-state index contributed by atoms with van der Waals surface area (Å²) in [7, 11) is 0. The highest BCUT2D eigenvalue weighted by molar-refractivity contribution is 6.34. The van der Waals surface area contributed by atoms with E-state index in [0.717, 1.165) is 6.08 Å². The lowest BCUT2D eigenvalue weighted by Gasteiger charge is -1.98. The minimum atomic E-state index is -1.27. The van der Waals surface area contributed by atoms with Crippen LogP contribution in [0.15, 0.2) is 24.3 Å². The van der Waals surface area contributed by atoms with E-state index < -0.39 is 5.97 Å². The molecule has 0 heterocycles. The maximum atomic E-state index is 10.1. The molecule has 1 rings (SSSR count). The number of carbonyl (C=O) groups is 1. The Kier molecular flexibility index (Phi) is 3.34. The van der Waals surface area contributed by atoms with Crippen LogP contribution in [0.25, 0.3) is 6.08 Å². The molecule has 0 aliphatic heterocycles. The molecule has 0 amide bonds. The van der Waals surface area contributed by atoms with Crippen LogP contribution in [0.1, 0.15) is 5.56 Å². The zero-order chi connectivity index (χ0) is 9.84. The van der Waals surface area contributed by atoms with E-state index in [0.29, 0.717) is 15.6 Å². The average molecular weight is 216 g/mol. The first kappa shape index (κ1) is 10.1. The van der Waals surface area contributed by atoms with Crippen molar-refractivity contribution in [2.45, 2.75) is 0 Å². The summed E-state index contributed by atoms with van der Waals surface area (Å²) in [4.78, 5) is 10.1. The van der Waals surface area contributed by atoms with E-state index in [2.05, 4.69) is 0 Å². The Hall–Kier alpha value is -0.990. The van der Waals surface area contributed by atoms with Crippen molar-refractivity contribution in [1.29, 1.82) is 0 Å². The third kappa shape index (κ3) is 3.09. The van der Waals surface area contributed by atoms with Crippen LogP contribution < -0.4 is 5.11 Å². The molecule has 0 aliphatic carbocycles. The fourth-order valence-corrected chi connectivity index (χ4v) is 1.16. The highest BCUT2D eigenvalue weighted by Crippen LogP contribution is 2.21. The second-order valence-corrected chi connectivity index (χ2v) is 3.16. The van der Waals surface area contributed by atoms with Crippen molar-refractivity contribution >= 4 is 35.2 Å². The van der Waals surface area contributed by atoms with Crippen LogP contribution in [0.4, 0.5) is 0 Å². The van der Waals surface area contributed by atoms with Gasteiger partial charge in [-0.1, -0.05) is 29.3 Å². The fraction of sp³-hybridized carbons (Fsp3) is 0. The summed E-state index contributed by atoms with van der Waals surface area (Å²) >= 11 is 11.4. The molecule has 0 saturated heterocycles. The lowest BCUT2D eigenvalue weighted by atomic mass is 10.2. The highest BCUT2D eigenvalue weighted by atomic mass is 35.5. The number of hydrogen-bond acceptors (Lipinski definition) is 2. The summed E-state index contributed by atoms with van der Waals surface area (Å²) in [6, 6.07) is 4.79. The molecule has 0 N–H and O–H groups in total. The van der Waals surface area contributed by atoms with Gasteiger partial charge in [0.25, 0.3) is 0 Å². The van der Waals surface area contributed by atoms with Gasteiger partial charge in [-0.3, -0.25) is 0 Å². The number of hydrogen-bond donors (Lipinski definition) is 0. The monoisotopic (exact) mass is 215 g/mol. The topological polar surface area (TPSA) is 40.1 Å². The molecule has 0 saturated carbocycles. The molecule has 2 nitrogen and oxygen atoms in total. The number of halogens is 2. The Bertz CT molecular complexity index is 359. The van der Waals surface area contributed by atoms with Crippen LogP contribution in [0.3, 0.4) is 0 Å². The van der Waals surface area contributed by atoms with E-state index in [1.54, 1.807) is 18.2 Å². The van der Waals surface area contributed by atoms with Crippen molar-refractivity contribution in [2.24, 2.45) is 0 Å². The fourth-order valence-electron chi connectivity index (χ4n) is 0.800. The molecular weight excluding hydrogens is 211 g/mol. The molecule has 13 heavy (non-hydrogen) atoms. The largest absolute Gasteiger partial charge is 0.545 e. The minimum Gasteiger partial charge on any atom is -0.545 e. The normalized spacial score (nSPS) is 10.6. The number of carbonyl (C=O) groups excluding carboxylic acids is 1. The van der Waals surface area contributed by atoms with Gasteiger partial charge < -0.3 is 9.90 Å². The molecule has 0 spiro atoms. The summed E-state index contributed by atoms with van der Waals surface area (Å²) < 4.78 is 0. The molecule has 0 fully saturated rings. The van der Waals surface area contributed by atoms with Crippen LogP contribution >= 0.6 is 23.2 Å². The Morgan fingerprint density at radius 3 is 2.69 bits per heavy atom. The first-order valence-corrected chi connectivity index (χ1v) is 4.19. The standard InChI is InChI=1S/C9H6Cl2O2/c10-7-2-3-8(11)6(5-7)1-4-9(12)13/h1-5H,(H,12,13)/p-1/b4-1+. The lowest BCUT2D eigenvalue weighted by Crippen LogP contribution is -2.18. The third-order valence-electron chi connectivity index (χ3n) is 1.36. The Morgan fingerprint density at radius 1 is 1.38 bits per heavy atom. The molecule has 0 bridgehead atoms. The highest BCUT2D eigenvalue weighted by Gasteiger charge is 1.96. The maximum absolute atomic E-state index is 10.1. The smallest absolute Gasteiger partial charge is 0.0643 e. The van der Waals surface area contributed by atoms with E-state index in [1.165, 1.54) is 6.08 Å². The number of rotatable bonds is 2. The van der Waals surface area contributed by atoms with Crippen molar-refractivity contribution in [3.8, 4) is 0 Å². The van der Waals surface area contributed by atoms with Gasteiger partial charge in [-0.25, -0.2) is 0 Å². The Balaban J connectivity index is 3.00. The van der Waals surface area contributed by atoms with Gasteiger partial charge in [-0.15, -0.1) is 0 Å². The molecule has 0 unspecified atom stereocenters. The van der Waals surface area contributed by atoms with Crippen LogP contribution in [0, 0.1) is 0 Å². The number of aliphatic carboxylic acids is 1. The molecule has 0 atom stereocenters. The van der Waals surface area contributed by atoms with Crippen LogP contribution in [-0.4, -0.2) is 5.97 Å². The molecule has 1 aromatic rings. The Labute approximate surface area is 85.4 Å². The quantitative estimate of drug-likeness (QED) is 0.706. The summed E-state index contributed by atoms with van der Waals surface area (Å²) in [6.07, 6.45) is 2.24. The van der Waals surface area contributed by atoms with Gasteiger partial charge in [0, 0.05) is 10.0 Å². The summed E-state index contributed by atoms with van der Waals surface area (Å²) in [6.45, 7) is 0. The van der Waals surface area contributed by atoms with E-state index in [1.807, 2.05) is 0 Å². The summed E-state index contributed by atoms with van der Waals surface area (Å²) in [5, 5.41) is 11.0. The molecule has 0 aliphatic rings. The van der Waals surface area contributed by atoms with Gasteiger partial charge in [0.15, 0.2) is 0 Å². The van der Waals surface area contributed by atoms with Gasteiger partial charge >= 0.3 is 0 Å². The number of benzene rings is 1. The van der Waals surface area contributed by atoms with Gasteiger partial charge in [-0.2, -0.15) is 0 Å². The van der Waals surface area contributed by atoms with Crippen molar-refractivity contribution < 1.29 is 9.90 Å². The number of carboxylic acids is 1. The third-order valence-corrected chi connectivity index (χ3v) is 1.94. The zero-order valence-corrected chi connectivity index (χ0v) is 7.97. The van der Waals surface area contributed by atoms with Crippen LogP contribution in [0.5, 0.6) is 0 Å². The Morgan fingerprint density at radius 2 is 2.08 bits per heavy atom. The molecular formula is C9H5Cl2O2-. The van der Waals surface area contributed by atoms with E-state index >= 15 is 0 Å². The molecule has 0 aromatic heterocycles. The molecule has 0 radical (unpaired) electrons. The molecule has 4 heteroatoms. The average Bonchev–Trinajstić information content (AvgIpc) is 2.06. The van der Waals surface area contributed by atoms with E-state index in [9.17, 15) is 9.90 Å². The minimum absolute atomic E-state index is 0.446. The predicted molar refractivity (Wildman–Crippen MR) is 50.5 cm³/mol. The molecule has 1 aromatic carbocycles. The summed E-state index contributed by atoms with van der Waals surface area (Å²) in [5.41, 5.74) is 0.554. The van der Waals surface area contributed by atoms with Crippen molar-refractivity contribution in [3.05, 3.63) is 39.9 Å². The molecule has 68 valence electrons. The van der Waals surface area contributed by atoms with Gasteiger partial charge in [0.05, 0.1) is 5.97 Å². The lowest BCUT2D eigenvalue weighted by molar-refractivity contribution is -0.297. The zero-order valence-electron chi connectivity index (χ0n) is 6.46. The van der Waals surface area contributed by atoms with Gasteiger partial charge in [0.1, 0.15) is 0 Å². The second-order valence-electron chi connectivity index (χ2n) is 2.32. The maximum Gasteiger partial charge on any atom is 0.0643 e. The van der Waals surface area contributed by atoms with Crippen molar-refractivity contribution in [2.75, 3.05) is 0 Å². The second kappa shape index (κ2) is 4.30. The predicted octanol–water partition coefficient (Wildman–Crippen LogP) is 1.76. The first-order chi connectivity index (χ1) is 6.09.